The molecule has 0 fully saturated rings. The van der Waals surface area contributed by atoms with E-state index in [0.29, 0.717) is 5.15 Å². The summed E-state index contributed by atoms with van der Waals surface area (Å²) in [5.41, 5.74) is 2.31. The predicted molar refractivity (Wildman–Crippen MR) is 52.6 cm³/mol. The molecule has 1 nitrogen and oxygen atoms in total. The van der Waals surface area contributed by atoms with Crippen molar-refractivity contribution in [2.45, 2.75) is 0 Å². The van der Waals surface area contributed by atoms with Crippen molar-refractivity contribution in [3.63, 3.8) is 0 Å². The third-order valence-corrected chi connectivity index (χ3v) is 2.49. The van der Waals surface area contributed by atoms with Gasteiger partial charge in [0.15, 0.2) is 0 Å². The second-order valence-corrected chi connectivity index (χ2v) is 3.55. The van der Waals surface area contributed by atoms with Crippen LogP contribution in [-0.2, 0) is 0 Å². The summed E-state index contributed by atoms with van der Waals surface area (Å²) < 4.78 is 0. The summed E-state index contributed by atoms with van der Waals surface area (Å²) >= 11 is 7.34. The summed E-state index contributed by atoms with van der Waals surface area (Å²) in [4.78, 5) is 4.01. The zero-order chi connectivity index (χ0) is 8.39. The number of hydrogen-bond acceptors (Lipinski definition) is 2. The Morgan fingerprint density at radius 2 is 2.08 bits per heavy atom. The van der Waals surface area contributed by atoms with Crippen LogP contribution in [0.2, 0.25) is 5.15 Å². The van der Waals surface area contributed by atoms with Crippen LogP contribution in [0.4, 0.5) is 0 Å². The van der Waals surface area contributed by atoms with E-state index in [1.54, 1.807) is 23.6 Å². The summed E-state index contributed by atoms with van der Waals surface area (Å²) in [6.45, 7) is 0. The van der Waals surface area contributed by atoms with Crippen LogP contribution in [0.1, 0.15) is 0 Å². The van der Waals surface area contributed by atoms with Crippen molar-refractivity contribution in [1.29, 1.82) is 0 Å². The summed E-state index contributed by atoms with van der Waals surface area (Å²) in [6, 6.07) is 5.83. The van der Waals surface area contributed by atoms with E-state index in [-0.39, 0.29) is 0 Å². The highest BCUT2D eigenvalue weighted by Crippen LogP contribution is 2.21. The van der Waals surface area contributed by atoms with Crippen molar-refractivity contribution in [3.8, 4) is 11.1 Å². The van der Waals surface area contributed by atoms with Crippen LogP contribution in [0.5, 0.6) is 0 Å². The molecule has 0 saturated heterocycles. The normalized spacial score (nSPS) is 10.1. The van der Waals surface area contributed by atoms with Gasteiger partial charge in [-0.05, 0) is 34.5 Å². The van der Waals surface area contributed by atoms with Gasteiger partial charge in [-0.25, -0.2) is 4.98 Å². The quantitative estimate of drug-likeness (QED) is 0.635. The number of pyridine rings is 1. The third kappa shape index (κ3) is 1.49. The van der Waals surface area contributed by atoms with Crippen molar-refractivity contribution in [3.05, 3.63) is 40.3 Å². The van der Waals surface area contributed by atoms with Crippen LogP contribution in [0.15, 0.2) is 35.2 Å². The van der Waals surface area contributed by atoms with Gasteiger partial charge < -0.3 is 0 Å². The van der Waals surface area contributed by atoms with E-state index in [4.69, 9.17) is 11.6 Å². The minimum atomic E-state index is 0.536. The molecule has 2 aromatic rings. The topological polar surface area (TPSA) is 12.9 Å². The van der Waals surface area contributed by atoms with Gasteiger partial charge in [-0.1, -0.05) is 11.6 Å². The molecule has 0 aliphatic heterocycles. The fourth-order valence-electron chi connectivity index (χ4n) is 0.975. The maximum atomic E-state index is 5.66. The smallest absolute Gasteiger partial charge is 0.129 e. The van der Waals surface area contributed by atoms with E-state index in [0.717, 1.165) is 5.56 Å². The van der Waals surface area contributed by atoms with Gasteiger partial charge in [0, 0.05) is 11.8 Å². The largest absolute Gasteiger partial charge is 0.244 e. The summed E-state index contributed by atoms with van der Waals surface area (Å²) in [7, 11) is 0. The van der Waals surface area contributed by atoms with E-state index in [2.05, 4.69) is 16.4 Å². The fourth-order valence-corrected chi connectivity index (χ4v) is 1.75. The SMILES string of the molecule is Clc1ccc(-c2ccsc2)cn1. The molecular formula is C9H6ClNS. The Balaban J connectivity index is 2.43. The molecule has 2 aromatic heterocycles. The van der Waals surface area contributed by atoms with Crippen LogP contribution >= 0.6 is 22.9 Å². The highest BCUT2D eigenvalue weighted by atomic mass is 35.5. The van der Waals surface area contributed by atoms with Crippen molar-refractivity contribution in [1.82, 2.24) is 4.98 Å². The lowest BCUT2D eigenvalue weighted by atomic mass is 10.2. The Labute approximate surface area is 79.7 Å². The first-order valence-electron chi connectivity index (χ1n) is 3.50. The minimum absolute atomic E-state index is 0.536. The molecule has 2 rings (SSSR count). The monoisotopic (exact) mass is 195 g/mol. The van der Waals surface area contributed by atoms with Crippen molar-refractivity contribution in [2.24, 2.45) is 0 Å². The number of hydrogen-bond donors (Lipinski definition) is 0. The van der Waals surface area contributed by atoms with Crippen molar-refractivity contribution >= 4 is 22.9 Å². The highest BCUT2D eigenvalue weighted by Gasteiger charge is 1.96. The third-order valence-electron chi connectivity index (χ3n) is 1.58. The number of halogens is 1. The van der Waals surface area contributed by atoms with Gasteiger partial charge in [0.05, 0.1) is 0 Å². The molecule has 0 aromatic carbocycles. The van der Waals surface area contributed by atoms with Gasteiger partial charge in [0.25, 0.3) is 0 Å². The molecule has 0 atom stereocenters. The van der Waals surface area contributed by atoms with Crippen LogP contribution in [-0.4, -0.2) is 4.98 Å². The Morgan fingerprint density at radius 1 is 1.17 bits per heavy atom. The number of aromatic nitrogens is 1. The first-order chi connectivity index (χ1) is 5.86. The molecule has 0 aliphatic carbocycles. The van der Waals surface area contributed by atoms with Gasteiger partial charge in [0.1, 0.15) is 5.15 Å². The molecule has 0 unspecified atom stereocenters. The first kappa shape index (κ1) is 7.77. The molecule has 0 radical (unpaired) electrons. The van der Waals surface area contributed by atoms with Crippen LogP contribution < -0.4 is 0 Å². The zero-order valence-corrected chi connectivity index (χ0v) is 7.77. The standard InChI is InChI=1S/C9H6ClNS/c10-9-2-1-7(5-11-9)8-3-4-12-6-8/h1-6H. The molecule has 0 spiro atoms. The van der Waals surface area contributed by atoms with E-state index in [9.17, 15) is 0 Å². The Bertz CT molecular complexity index is 353. The second-order valence-electron chi connectivity index (χ2n) is 2.38. The fraction of sp³-hybridized carbons (Fsp3) is 0. The Hall–Kier alpha value is -0.860. The van der Waals surface area contributed by atoms with E-state index in [1.807, 2.05) is 11.4 Å². The average Bonchev–Trinajstić information content (AvgIpc) is 2.58. The van der Waals surface area contributed by atoms with Gasteiger partial charge >= 0.3 is 0 Å². The van der Waals surface area contributed by atoms with Crippen molar-refractivity contribution in [2.75, 3.05) is 0 Å². The lowest BCUT2D eigenvalue weighted by Gasteiger charge is -1.95. The molecule has 0 bridgehead atoms. The van der Waals surface area contributed by atoms with Gasteiger partial charge in [-0.2, -0.15) is 11.3 Å². The first-order valence-corrected chi connectivity index (χ1v) is 4.82. The van der Waals surface area contributed by atoms with Gasteiger partial charge in [-0.3, -0.25) is 0 Å². The molecule has 2 heterocycles. The van der Waals surface area contributed by atoms with E-state index in [1.165, 1.54) is 5.56 Å². The Kier molecular flexibility index (Phi) is 2.11. The minimum Gasteiger partial charge on any atom is -0.244 e. The van der Waals surface area contributed by atoms with Gasteiger partial charge in [-0.15, -0.1) is 0 Å². The number of rotatable bonds is 1. The molecule has 0 saturated carbocycles. The molecular weight excluding hydrogens is 190 g/mol. The van der Waals surface area contributed by atoms with Gasteiger partial charge in [0.2, 0.25) is 0 Å². The zero-order valence-electron chi connectivity index (χ0n) is 6.20. The maximum Gasteiger partial charge on any atom is 0.129 e. The number of thiophene rings is 1. The summed E-state index contributed by atoms with van der Waals surface area (Å²) in [5.74, 6) is 0. The van der Waals surface area contributed by atoms with E-state index < -0.39 is 0 Å². The molecule has 60 valence electrons. The van der Waals surface area contributed by atoms with Crippen molar-refractivity contribution < 1.29 is 0 Å². The summed E-state index contributed by atoms with van der Waals surface area (Å²) in [5, 5.41) is 4.67. The lowest BCUT2D eigenvalue weighted by Crippen LogP contribution is -1.76. The predicted octanol–water partition coefficient (Wildman–Crippen LogP) is 3.46. The highest BCUT2D eigenvalue weighted by molar-refractivity contribution is 7.08. The number of nitrogens with zero attached hydrogens (tertiary/aromatic N) is 1. The average molecular weight is 196 g/mol. The second kappa shape index (κ2) is 3.25. The molecule has 0 aliphatic rings. The molecule has 0 N–H and O–H groups in total. The molecule has 12 heavy (non-hydrogen) atoms. The van der Waals surface area contributed by atoms with Crippen LogP contribution in [0, 0.1) is 0 Å². The van der Waals surface area contributed by atoms with Crippen LogP contribution in [0.25, 0.3) is 11.1 Å². The molecule has 3 heteroatoms. The van der Waals surface area contributed by atoms with Crippen LogP contribution in [0.3, 0.4) is 0 Å². The summed E-state index contributed by atoms with van der Waals surface area (Å²) in [6.07, 6.45) is 1.78. The van der Waals surface area contributed by atoms with E-state index >= 15 is 0 Å². The molecule has 0 amide bonds. The maximum absolute atomic E-state index is 5.66. The Morgan fingerprint density at radius 3 is 2.67 bits per heavy atom. The lowest BCUT2D eigenvalue weighted by molar-refractivity contribution is 1.33.